The Morgan fingerprint density at radius 2 is 1.83 bits per heavy atom. The maximum atomic E-state index is 11.4. The lowest BCUT2D eigenvalue weighted by atomic mass is 10.1. The maximum absolute atomic E-state index is 11.4. The fourth-order valence-electron chi connectivity index (χ4n) is 1.25. The fraction of sp³-hybridized carbons (Fsp3) is 0.692. The third-order valence-electron chi connectivity index (χ3n) is 3.33. The van der Waals surface area contributed by atoms with Gasteiger partial charge in [-0.3, -0.25) is 9.59 Å². The van der Waals surface area contributed by atoms with Crippen molar-refractivity contribution >= 4 is 20.1 Å². The summed E-state index contributed by atoms with van der Waals surface area (Å²) < 4.78 is 5.98. The first-order chi connectivity index (χ1) is 7.99. The molecule has 0 bridgehead atoms. The molecule has 104 valence electrons. The molecule has 0 radical (unpaired) electrons. The minimum Gasteiger partial charge on any atom is -0.481 e. The van der Waals surface area contributed by atoms with Crippen LogP contribution in [0.5, 0.6) is 0 Å². The highest BCUT2D eigenvalue weighted by Crippen LogP contribution is 2.38. The van der Waals surface area contributed by atoms with Crippen LogP contribution < -0.4 is 0 Å². The highest BCUT2D eigenvalue weighted by molar-refractivity contribution is 6.74. The Balaban J connectivity index is 4.83. The van der Waals surface area contributed by atoms with Crippen LogP contribution in [0.1, 0.15) is 33.6 Å². The van der Waals surface area contributed by atoms with Gasteiger partial charge in [0.15, 0.2) is 14.1 Å². The molecule has 0 spiro atoms. The molecule has 1 atom stereocenters. The predicted molar refractivity (Wildman–Crippen MR) is 74.1 cm³/mol. The van der Waals surface area contributed by atoms with Crippen molar-refractivity contribution in [2.24, 2.45) is 0 Å². The molecule has 0 aliphatic rings. The summed E-state index contributed by atoms with van der Waals surface area (Å²) in [6, 6.07) is 0. The Hall–Kier alpha value is -0.943. The van der Waals surface area contributed by atoms with Gasteiger partial charge in [-0.25, -0.2) is 0 Å². The summed E-state index contributed by atoms with van der Waals surface area (Å²) >= 11 is 0. The van der Waals surface area contributed by atoms with Gasteiger partial charge in [0, 0.05) is 6.42 Å². The monoisotopic (exact) mass is 272 g/mol. The molecule has 1 unspecified atom stereocenters. The van der Waals surface area contributed by atoms with E-state index in [4.69, 9.17) is 9.53 Å². The number of hydrogen-bond donors (Lipinski definition) is 1. The molecule has 0 saturated carbocycles. The third-order valence-corrected chi connectivity index (χ3v) is 7.86. The van der Waals surface area contributed by atoms with Crippen molar-refractivity contribution in [3.05, 3.63) is 12.7 Å². The second-order valence-corrected chi connectivity index (χ2v) is 10.7. The van der Waals surface area contributed by atoms with Crippen molar-refractivity contribution in [3.63, 3.8) is 0 Å². The van der Waals surface area contributed by atoms with E-state index in [0.717, 1.165) is 0 Å². The van der Waals surface area contributed by atoms with Gasteiger partial charge in [-0.2, -0.15) is 0 Å². The molecular formula is C13H24O4Si. The Bertz CT molecular complexity index is 328. The van der Waals surface area contributed by atoms with E-state index in [1.807, 2.05) is 13.1 Å². The molecule has 0 rings (SSSR count). The second-order valence-electron chi connectivity index (χ2n) is 5.97. The van der Waals surface area contributed by atoms with E-state index in [1.54, 1.807) is 0 Å². The first-order valence-corrected chi connectivity index (χ1v) is 8.95. The zero-order valence-corrected chi connectivity index (χ0v) is 12.9. The lowest BCUT2D eigenvalue weighted by molar-refractivity contribution is -0.139. The van der Waals surface area contributed by atoms with Crippen LogP contribution >= 0.6 is 0 Å². The van der Waals surface area contributed by atoms with Gasteiger partial charge in [0.1, 0.15) is 0 Å². The molecule has 0 saturated heterocycles. The summed E-state index contributed by atoms with van der Waals surface area (Å²) in [5.41, 5.74) is 0. The van der Waals surface area contributed by atoms with Gasteiger partial charge in [-0.15, -0.1) is 0 Å². The van der Waals surface area contributed by atoms with Crippen molar-refractivity contribution < 1.29 is 19.1 Å². The van der Waals surface area contributed by atoms with Crippen LogP contribution in [0, 0.1) is 0 Å². The van der Waals surface area contributed by atoms with Crippen LogP contribution in [0.2, 0.25) is 18.1 Å². The van der Waals surface area contributed by atoms with Gasteiger partial charge < -0.3 is 9.53 Å². The molecule has 1 N–H and O–H groups in total. The van der Waals surface area contributed by atoms with E-state index in [-0.39, 0.29) is 23.7 Å². The van der Waals surface area contributed by atoms with Gasteiger partial charge in [0.25, 0.3) is 0 Å². The molecule has 0 fully saturated rings. The number of carbonyl (C=O) groups excluding carboxylic acids is 1. The Morgan fingerprint density at radius 3 is 2.17 bits per heavy atom. The molecule has 0 aromatic heterocycles. The predicted octanol–water partition coefficient (Wildman–Crippen LogP) is 3.00. The van der Waals surface area contributed by atoms with Crippen molar-refractivity contribution in [2.75, 3.05) is 0 Å². The average molecular weight is 272 g/mol. The molecule has 0 amide bonds. The third kappa shape index (κ3) is 5.60. The molecule has 0 heterocycles. The van der Waals surface area contributed by atoms with Gasteiger partial charge in [0.05, 0.1) is 12.5 Å². The molecule has 0 aliphatic carbocycles. The molecule has 5 heteroatoms. The first-order valence-electron chi connectivity index (χ1n) is 6.04. The summed E-state index contributed by atoms with van der Waals surface area (Å²) in [5, 5.41) is 8.85. The smallest absolute Gasteiger partial charge is 0.305 e. The number of hydrogen-bond acceptors (Lipinski definition) is 3. The largest absolute Gasteiger partial charge is 0.481 e. The number of allylic oxidation sites excluding steroid dienone is 1. The number of aliphatic carboxylic acids is 1. The summed E-state index contributed by atoms with van der Waals surface area (Å²) in [6.45, 7) is 13.7. The molecule has 0 aromatic carbocycles. The number of carbonyl (C=O) groups is 2. The van der Waals surface area contributed by atoms with Gasteiger partial charge in [0.2, 0.25) is 0 Å². The quantitative estimate of drug-likeness (QED) is 0.571. The minimum absolute atomic E-state index is 0.0129. The molecule has 0 aliphatic heterocycles. The highest BCUT2D eigenvalue weighted by atomic mass is 28.4. The fourth-order valence-corrected chi connectivity index (χ4v) is 2.60. The lowest BCUT2D eigenvalue weighted by Gasteiger charge is -2.38. The topological polar surface area (TPSA) is 63.6 Å². The summed E-state index contributed by atoms with van der Waals surface area (Å²) in [5.74, 6) is -1.13. The van der Waals surface area contributed by atoms with Crippen molar-refractivity contribution in [1.29, 1.82) is 0 Å². The van der Waals surface area contributed by atoms with E-state index in [1.165, 1.54) is 6.08 Å². The van der Waals surface area contributed by atoms with Gasteiger partial charge in [-0.1, -0.05) is 27.4 Å². The van der Waals surface area contributed by atoms with E-state index >= 15 is 0 Å². The van der Waals surface area contributed by atoms with Crippen LogP contribution in [0.25, 0.3) is 0 Å². The average Bonchev–Trinajstić information content (AvgIpc) is 2.13. The van der Waals surface area contributed by atoms with Crippen molar-refractivity contribution in [1.82, 2.24) is 0 Å². The van der Waals surface area contributed by atoms with E-state index in [0.29, 0.717) is 0 Å². The first kappa shape index (κ1) is 17.1. The molecule has 0 aromatic rings. The van der Waals surface area contributed by atoms with Crippen LogP contribution in [-0.4, -0.2) is 31.3 Å². The maximum Gasteiger partial charge on any atom is 0.305 e. The molecular weight excluding hydrogens is 248 g/mol. The summed E-state index contributed by atoms with van der Waals surface area (Å²) in [7, 11) is -2.06. The second kappa shape index (κ2) is 6.29. The SMILES string of the molecule is C=CC(=O)CC(CC(=O)O)O[Si](C)(C)C(C)(C)C. The van der Waals surface area contributed by atoms with Gasteiger partial charge >= 0.3 is 5.97 Å². The van der Waals surface area contributed by atoms with Crippen LogP contribution in [0.15, 0.2) is 12.7 Å². The number of ketones is 1. The number of carboxylic acid groups (broad SMARTS) is 1. The van der Waals surface area contributed by atoms with E-state index in [2.05, 4.69) is 27.4 Å². The Labute approximate surface area is 110 Å². The Kier molecular flexibility index (Phi) is 5.96. The van der Waals surface area contributed by atoms with Crippen LogP contribution in [-0.2, 0) is 14.0 Å². The highest BCUT2D eigenvalue weighted by Gasteiger charge is 2.39. The van der Waals surface area contributed by atoms with Crippen molar-refractivity contribution in [2.45, 2.75) is 57.8 Å². The zero-order valence-electron chi connectivity index (χ0n) is 11.9. The van der Waals surface area contributed by atoms with Crippen molar-refractivity contribution in [3.8, 4) is 0 Å². The van der Waals surface area contributed by atoms with Crippen LogP contribution in [0.3, 0.4) is 0 Å². The van der Waals surface area contributed by atoms with E-state index in [9.17, 15) is 9.59 Å². The zero-order chi connectivity index (χ0) is 14.6. The van der Waals surface area contributed by atoms with Crippen LogP contribution in [0.4, 0.5) is 0 Å². The number of rotatable bonds is 7. The summed E-state index contributed by atoms with van der Waals surface area (Å²) in [4.78, 5) is 22.2. The molecule has 4 nitrogen and oxygen atoms in total. The Morgan fingerprint density at radius 1 is 1.33 bits per heavy atom. The summed E-state index contributed by atoms with van der Waals surface area (Å²) in [6.07, 6.45) is 0.590. The lowest BCUT2D eigenvalue weighted by Crippen LogP contribution is -2.44. The number of carboxylic acids is 1. The standard InChI is InChI=1S/C13H24O4Si/c1-7-10(14)8-11(9-12(15)16)17-18(5,6)13(2,3)4/h7,11H,1,8-9H2,2-6H3,(H,15,16). The molecule has 18 heavy (non-hydrogen) atoms. The normalized spacial score (nSPS) is 14.1. The van der Waals surface area contributed by atoms with Gasteiger partial charge in [-0.05, 0) is 24.2 Å². The van der Waals surface area contributed by atoms with E-state index < -0.39 is 20.4 Å². The minimum atomic E-state index is -2.06.